The van der Waals surface area contributed by atoms with Crippen LogP contribution in [0.1, 0.15) is 0 Å². The van der Waals surface area contributed by atoms with E-state index in [1.165, 1.54) is 11.3 Å². The molecule has 2 aromatic heterocycles. The van der Waals surface area contributed by atoms with Crippen LogP contribution in [0.2, 0.25) is 0 Å². The fourth-order valence-electron chi connectivity index (χ4n) is 1.71. The lowest BCUT2D eigenvalue weighted by molar-refractivity contribution is 0.207. The first-order valence-corrected chi connectivity index (χ1v) is 7.04. The maximum Gasteiger partial charge on any atom is 0.320 e. The van der Waals surface area contributed by atoms with Gasteiger partial charge in [-0.15, -0.1) is 0 Å². The quantitative estimate of drug-likeness (QED) is 0.690. The summed E-state index contributed by atoms with van der Waals surface area (Å²) in [7, 11) is 0. The van der Waals surface area contributed by atoms with Crippen molar-refractivity contribution in [2.24, 2.45) is 0 Å². The van der Waals surface area contributed by atoms with Crippen molar-refractivity contribution in [1.29, 1.82) is 0 Å². The van der Waals surface area contributed by atoms with Crippen LogP contribution in [0, 0.1) is 0 Å². The number of anilines is 2. The largest absolute Gasteiger partial charge is 0.490 e. The van der Waals surface area contributed by atoms with Gasteiger partial charge in [0.15, 0.2) is 16.6 Å². The third kappa shape index (κ3) is 3.11. The van der Waals surface area contributed by atoms with E-state index in [0.717, 1.165) is 5.75 Å². The van der Waals surface area contributed by atoms with E-state index in [1.54, 1.807) is 0 Å². The molecule has 0 bridgehead atoms. The number of nitrogens with zero attached hydrogens (tertiary/aromatic N) is 3. The zero-order valence-corrected chi connectivity index (χ0v) is 11.8. The predicted octanol–water partition coefficient (Wildman–Crippen LogP) is 1.71. The average molecular weight is 303 g/mol. The number of benzene rings is 1. The Balaban J connectivity index is 1.60. The molecule has 7 nitrogen and oxygen atoms in total. The number of para-hydroxylation sites is 1. The molecular weight excluding hydrogens is 290 g/mol. The van der Waals surface area contributed by atoms with Gasteiger partial charge in [0.05, 0.1) is 0 Å². The van der Waals surface area contributed by atoms with E-state index >= 15 is 0 Å². The van der Waals surface area contributed by atoms with Crippen molar-refractivity contribution in [3.05, 3.63) is 30.3 Å². The number of thiazole rings is 1. The van der Waals surface area contributed by atoms with Gasteiger partial charge < -0.3 is 20.9 Å². The fraction of sp³-hybridized carbons (Fsp3) is 0.154. The molecular formula is C13H13N5O2S. The number of hydrogen-bond acceptors (Lipinski definition) is 8. The Hall–Kier alpha value is -2.61. The van der Waals surface area contributed by atoms with E-state index in [-0.39, 0.29) is 6.01 Å². The van der Waals surface area contributed by atoms with E-state index in [2.05, 4.69) is 15.0 Å². The first-order chi connectivity index (χ1) is 10.2. The molecule has 0 amide bonds. The Kier molecular flexibility index (Phi) is 3.69. The van der Waals surface area contributed by atoms with Crippen molar-refractivity contribution in [2.75, 3.05) is 24.7 Å². The van der Waals surface area contributed by atoms with Crippen LogP contribution in [-0.4, -0.2) is 28.2 Å². The molecule has 4 N–H and O–H groups in total. The highest BCUT2D eigenvalue weighted by Crippen LogP contribution is 2.27. The highest BCUT2D eigenvalue weighted by molar-refractivity contribution is 7.22. The lowest BCUT2D eigenvalue weighted by atomic mass is 10.3. The fourth-order valence-corrected chi connectivity index (χ4v) is 2.39. The molecule has 0 unspecified atom stereocenters. The monoisotopic (exact) mass is 303 g/mol. The van der Waals surface area contributed by atoms with Crippen molar-refractivity contribution in [2.45, 2.75) is 0 Å². The van der Waals surface area contributed by atoms with Crippen LogP contribution in [-0.2, 0) is 0 Å². The molecule has 0 aliphatic rings. The summed E-state index contributed by atoms with van der Waals surface area (Å²) in [6, 6.07) is 9.65. The standard InChI is InChI=1S/C13H13N5O2S/c14-10-9-11(17-12(15)21-9)18-13(16-10)20-7-6-19-8-4-2-1-3-5-8/h1-5H,6-7H2,(H4,14,15,16,17,18). The van der Waals surface area contributed by atoms with E-state index < -0.39 is 0 Å². The minimum absolute atomic E-state index is 0.168. The third-order valence-electron chi connectivity index (χ3n) is 2.60. The van der Waals surface area contributed by atoms with E-state index in [9.17, 15) is 0 Å². The van der Waals surface area contributed by atoms with Crippen molar-refractivity contribution in [3.8, 4) is 11.8 Å². The SMILES string of the molecule is Nc1nc2nc(OCCOc3ccccc3)nc(N)c2s1. The lowest BCUT2D eigenvalue weighted by Crippen LogP contribution is -2.11. The van der Waals surface area contributed by atoms with Gasteiger partial charge in [-0.05, 0) is 12.1 Å². The molecule has 0 aliphatic heterocycles. The molecule has 0 aliphatic carbocycles. The maximum absolute atomic E-state index is 5.82. The van der Waals surface area contributed by atoms with Gasteiger partial charge in [0.2, 0.25) is 0 Å². The summed E-state index contributed by atoms with van der Waals surface area (Å²) in [5.41, 5.74) is 11.9. The maximum atomic E-state index is 5.82. The second-order valence-corrected chi connectivity index (χ2v) is 5.14. The highest BCUT2D eigenvalue weighted by atomic mass is 32.1. The number of ether oxygens (including phenoxy) is 2. The second kappa shape index (κ2) is 5.80. The van der Waals surface area contributed by atoms with Gasteiger partial charge in [0.25, 0.3) is 0 Å². The van der Waals surface area contributed by atoms with Gasteiger partial charge >= 0.3 is 6.01 Å². The molecule has 8 heteroatoms. The van der Waals surface area contributed by atoms with E-state index in [1.807, 2.05) is 30.3 Å². The van der Waals surface area contributed by atoms with Gasteiger partial charge in [0.1, 0.15) is 23.7 Å². The summed E-state index contributed by atoms with van der Waals surface area (Å²) < 4.78 is 11.6. The molecule has 1 aromatic carbocycles. The molecule has 0 radical (unpaired) electrons. The molecule has 0 atom stereocenters. The smallest absolute Gasteiger partial charge is 0.320 e. The number of hydrogen-bond donors (Lipinski definition) is 2. The number of nitrogen functional groups attached to an aromatic ring is 2. The predicted molar refractivity (Wildman–Crippen MR) is 81.5 cm³/mol. The topological polar surface area (TPSA) is 109 Å². The van der Waals surface area contributed by atoms with Crippen molar-refractivity contribution in [1.82, 2.24) is 15.0 Å². The number of fused-ring (bicyclic) bond motifs is 1. The van der Waals surface area contributed by atoms with Crippen molar-refractivity contribution >= 4 is 32.6 Å². The van der Waals surface area contributed by atoms with E-state index in [0.29, 0.717) is 34.5 Å². The Bertz CT molecular complexity index is 747. The third-order valence-corrected chi connectivity index (χ3v) is 3.50. The van der Waals surface area contributed by atoms with Crippen molar-refractivity contribution in [3.63, 3.8) is 0 Å². The van der Waals surface area contributed by atoms with Gasteiger partial charge in [-0.1, -0.05) is 29.5 Å². The Morgan fingerprint density at radius 1 is 0.952 bits per heavy atom. The average Bonchev–Trinajstić information content (AvgIpc) is 2.86. The molecule has 3 rings (SSSR count). The van der Waals surface area contributed by atoms with Gasteiger partial charge in [0, 0.05) is 0 Å². The van der Waals surface area contributed by atoms with Crippen LogP contribution >= 0.6 is 11.3 Å². The minimum atomic E-state index is 0.168. The van der Waals surface area contributed by atoms with Crippen LogP contribution in [0.3, 0.4) is 0 Å². The summed E-state index contributed by atoms with van der Waals surface area (Å²) >= 11 is 1.25. The molecule has 0 spiro atoms. The summed E-state index contributed by atoms with van der Waals surface area (Å²) in [6.45, 7) is 0.685. The zero-order chi connectivity index (χ0) is 14.7. The molecule has 0 saturated heterocycles. The van der Waals surface area contributed by atoms with Crippen LogP contribution in [0.4, 0.5) is 10.9 Å². The van der Waals surface area contributed by atoms with Crippen LogP contribution in [0.15, 0.2) is 30.3 Å². The number of nitrogens with two attached hydrogens (primary N) is 2. The van der Waals surface area contributed by atoms with Crippen LogP contribution < -0.4 is 20.9 Å². The zero-order valence-electron chi connectivity index (χ0n) is 11.0. The van der Waals surface area contributed by atoms with Crippen LogP contribution in [0.5, 0.6) is 11.8 Å². The lowest BCUT2D eigenvalue weighted by Gasteiger charge is -2.07. The molecule has 0 fully saturated rings. The summed E-state index contributed by atoms with van der Waals surface area (Å²) in [5.74, 6) is 1.09. The summed E-state index contributed by atoms with van der Waals surface area (Å²) in [4.78, 5) is 12.3. The number of aromatic nitrogens is 3. The summed E-state index contributed by atoms with van der Waals surface area (Å²) in [5, 5.41) is 0.399. The normalized spacial score (nSPS) is 10.7. The molecule has 3 aromatic rings. The van der Waals surface area contributed by atoms with E-state index in [4.69, 9.17) is 20.9 Å². The second-order valence-electron chi connectivity index (χ2n) is 4.11. The molecule has 108 valence electrons. The van der Waals surface area contributed by atoms with Gasteiger partial charge in [-0.2, -0.15) is 15.0 Å². The first kappa shape index (κ1) is 13.4. The summed E-state index contributed by atoms with van der Waals surface area (Å²) in [6.07, 6.45) is 0. The Morgan fingerprint density at radius 2 is 1.71 bits per heavy atom. The Morgan fingerprint density at radius 3 is 2.52 bits per heavy atom. The molecule has 21 heavy (non-hydrogen) atoms. The van der Waals surface area contributed by atoms with Gasteiger partial charge in [-0.3, -0.25) is 0 Å². The first-order valence-electron chi connectivity index (χ1n) is 6.22. The van der Waals surface area contributed by atoms with Gasteiger partial charge in [-0.25, -0.2) is 0 Å². The molecule has 2 heterocycles. The van der Waals surface area contributed by atoms with Crippen molar-refractivity contribution < 1.29 is 9.47 Å². The highest BCUT2D eigenvalue weighted by Gasteiger charge is 2.10. The number of rotatable bonds is 5. The molecule has 0 saturated carbocycles. The minimum Gasteiger partial charge on any atom is -0.490 e. The Labute approximate surface area is 124 Å². The van der Waals surface area contributed by atoms with Crippen LogP contribution in [0.25, 0.3) is 10.3 Å².